The summed E-state index contributed by atoms with van der Waals surface area (Å²) < 4.78 is 45.0. The van der Waals surface area contributed by atoms with E-state index in [0.717, 1.165) is 11.1 Å². The van der Waals surface area contributed by atoms with Crippen LogP contribution in [0.3, 0.4) is 0 Å². The van der Waals surface area contributed by atoms with Gasteiger partial charge in [-0.05, 0) is 61.9 Å². The van der Waals surface area contributed by atoms with Crippen molar-refractivity contribution in [2.24, 2.45) is 0 Å². The van der Waals surface area contributed by atoms with Gasteiger partial charge in [0.2, 0.25) is 0 Å². The highest BCUT2D eigenvalue weighted by Crippen LogP contribution is 2.38. The molecular weight excluding hydrogens is 468 g/mol. The van der Waals surface area contributed by atoms with Gasteiger partial charge in [-0.3, -0.25) is 9.10 Å². The van der Waals surface area contributed by atoms with Crippen LogP contribution in [0.5, 0.6) is 17.2 Å². The van der Waals surface area contributed by atoms with Gasteiger partial charge in [0.25, 0.3) is 15.9 Å². The maximum absolute atomic E-state index is 13.5. The number of carbonyl (C=O) groups excluding carboxylic acids is 1. The van der Waals surface area contributed by atoms with Crippen LogP contribution in [0.25, 0.3) is 0 Å². The molecule has 184 valence electrons. The average Bonchev–Trinajstić information content (AvgIpc) is 2.87. The predicted octanol–water partition coefficient (Wildman–Crippen LogP) is 3.85. The molecule has 0 aromatic heterocycles. The van der Waals surface area contributed by atoms with Crippen LogP contribution in [0, 0.1) is 6.92 Å². The number of amides is 1. The van der Waals surface area contributed by atoms with Gasteiger partial charge in [-0.25, -0.2) is 8.42 Å². The molecule has 0 saturated carbocycles. The fourth-order valence-electron chi connectivity index (χ4n) is 4.01. The quantitative estimate of drug-likeness (QED) is 0.534. The van der Waals surface area contributed by atoms with E-state index in [1.165, 1.54) is 16.4 Å². The smallest absolute Gasteiger partial charge is 0.264 e. The highest BCUT2D eigenvalue weighted by molar-refractivity contribution is 7.92. The van der Waals surface area contributed by atoms with Crippen LogP contribution in [0.4, 0.5) is 5.69 Å². The monoisotopic (exact) mass is 496 g/mol. The van der Waals surface area contributed by atoms with Crippen LogP contribution in [-0.4, -0.2) is 41.2 Å². The zero-order chi connectivity index (χ0) is 25.2. The number of anilines is 1. The number of sulfonamides is 1. The lowest BCUT2D eigenvalue weighted by atomic mass is 10.1. The summed E-state index contributed by atoms with van der Waals surface area (Å²) in [6.07, 6.45) is -1.05. The van der Waals surface area contributed by atoms with Crippen LogP contribution in [0.15, 0.2) is 71.6 Å². The Kier molecular flexibility index (Phi) is 6.88. The summed E-state index contributed by atoms with van der Waals surface area (Å²) in [7, 11) is -0.810. The fraction of sp³-hybridized carbons (Fsp3) is 0.269. The topological polar surface area (TPSA) is 94.2 Å². The zero-order valence-electron chi connectivity index (χ0n) is 20.0. The molecule has 1 heterocycles. The van der Waals surface area contributed by atoms with E-state index in [0.29, 0.717) is 22.9 Å². The Morgan fingerprint density at radius 1 is 1.06 bits per heavy atom. The molecule has 0 saturated heterocycles. The summed E-state index contributed by atoms with van der Waals surface area (Å²) in [6, 6.07) is 18.3. The van der Waals surface area contributed by atoms with Crippen molar-refractivity contribution >= 4 is 21.6 Å². The summed E-state index contributed by atoms with van der Waals surface area (Å²) in [5, 5.41) is 2.92. The Hall–Kier alpha value is -3.72. The molecule has 0 aliphatic carbocycles. The molecule has 8 nitrogen and oxygen atoms in total. The second-order valence-corrected chi connectivity index (χ2v) is 10.1. The molecule has 3 aromatic carbocycles. The maximum Gasteiger partial charge on any atom is 0.264 e. The molecule has 0 fully saturated rings. The van der Waals surface area contributed by atoms with Crippen LogP contribution in [0.2, 0.25) is 0 Å². The van der Waals surface area contributed by atoms with Gasteiger partial charge in [-0.1, -0.05) is 24.3 Å². The fourth-order valence-corrected chi connectivity index (χ4v) is 5.50. The third-order valence-corrected chi connectivity index (χ3v) is 7.66. The van der Waals surface area contributed by atoms with Gasteiger partial charge in [-0.15, -0.1) is 0 Å². The third kappa shape index (κ3) is 4.90. The molecule has 3 aromatic rings. The minimum absolute atomic E-state index is 0.142. The SMILES string of the molecule is COc1ccc(OC)c([C@H](C)NC(=O)[C@H]2CN(S(=O)(=O)c3ccccc3)c3cc(C)ccc3O2)c1. The van der Waals surface area contributed by atoms with Crippen molar-refractivity contribution in [2.45, 2.75) is 30.9 Å². The maximum atomic E-state index is 13.5. The summed E-state index contributed by atoms with van der Waals surface area (Å²) in [5.74, 6) is 1.10. The number of benzene rings is 3. The van der Waals surface area contributed by atoms with E-state index in [9.17, 15) is 13.2 Å². The summed E-state index contributed by atoms with van der Waals surface area (Å²) in [4.78, 5) is 13.4. The van der Waals surface area contributed by atoms with E-state index in [-0.39, 0.29) is 11.4 Å². The summed E-state index contributed by atoms with van der Waals surface area (Å²) >= 11 is 0. The first-order valence-electron chi connectivity index (χ1n) is 11.1. The van der Waals surface area contributed by atoms with Gasteiger partial charge in [0.1, 0.15) is 17.2 Å². The number of fused-ring (bicyclic) bond motifs is 1. The Morgan fingerprint density at radius 2 is 1.80 bits per heavy atom. The normalized spacial score (nSPS) is 16.0. The number of nitrogens with one attached hydrogen (secondary N) is 1. The molecule has 1 aliphatic rings. The molecule has 4 rings (SSSR count). The molecule has 1 aliphatic heterocycles. The predicted molar refractivity (Wildman–Crippen MR) is 133 cm³/mol. The lowest BCUT2D eigenvalue weighted by Crippen LogP contribution is -2.51. The standard InChI is InChI=1S/C26H28N2O6S/c1-17-10-12-24-22(14-17)28(35(30,31)20-8-6-5-7-9-20)16-25(34-24)26(29)27-18(2)21-15-19(32-3)11-13-23(21)33-4/h5-15,18,25H,16H2,1-4H3,(H,27,29)/t18-,25+/m0/s1. The first-order valence-corrected chi connectivity index (χ1v) is 12.6. The zero-order valence-corrected chi connectivity index (χ0v) is 20.8. The second-order valence-electron chi connectivity index (χ2n) is 8.27. The van der Waals surface area contributed by atoms with E-state index in [2.05, 4.69) is 5.32 Å². The Morgan fingerprint density at radius 3 is 2.49 bits per heavy atom. The molecule has 1 amide bonds. The van der Waals surface area contributed by atoms with Gasteiger partial charge in [0.05, 0.1) is 37.4 Å². The number of aryl methyl sites for hydroxylation is 1. The number of hydrogen-bond acceptors (Lipinski definition) is 6. The number of hydrogen-bond donors (Lipinski definition) is 1. The van der Waals surface area contributed by atoms with Gasteiger partial charge in [-0.2, -0.15) is 0 Å². The molecular formula is C26H28N2O6S. The van der Waals surface area contributed by atoms with Crippen LogP contribution in [-0.2, 0) is 14.8 Å². The number of methoxy groups -OCH3 is 2. The lowest BCUT2D eigenvalue weighted by Gasteiger charge is -2.35. The van der Waals surface area contributed by atoms with E-state index in [1.54, 1.807) is 62.8 Å². The highest BCUT2D eigenvalue weighted by Gasteiger charge is 2.38. The number of nitrogens with zero attached hydrogens (tertiary/aromatic N) is 1. The highest BCUT2D eigenvalue weighted by atomic mass is 32.2. The van der Waals surface area contributed by atoms with E-state index >= 15 is 0 Å². The number of carbonyl (C=O) groups is 1. The molecule has 0 unspecified atom stereocenters. The van der Waals surface area contributed by atoms with Crippen molar-refractivity contribution in [3.63, 3.8) is 0 Å². The van der Waals surface area contributed by atoms with Gasteiger partial charge in [0.15, 0.2) is 6.10 Å². The van der Waals surface area contributed by atoms with E-state index in [4.69, 9.17) is 14.2 Å². The Balaban J connectivity index is 1.64. The first kappa shape index (κ1) is 24.4. The average molecular weight is 497 g/mol. The largest absolute Gasteiger partial charge is 0.497 e. The van der Waals surface area contributed by atoms with E-state index in [1.807, 2.05) is 19.9 Å². The van der Waals surface area contributed by atoms with Crippen LogP contribution >= 0.6 is 0 Å². The van der Waals surface area contributed by atoms with Gasteiger partial charge < -0.3 is 19.5 Å². The molecule has 1 N–H and O–H groups in total. The molecule has 0 bridgehead atoms. The molecule has 0 spiro atoms. The Bertz CT molecular complexity index is 1330. The van der Waals surface area contributed by atoms with Crippen LogP contribution < -0.4 is 23.8 Å². The van der Waals surface area contributed by atoms with Crippen molar-refractivity contribution in [2.75, 3.05) is 25.1 Å². The molecule has 9 heteroatoms. The first-order chi connectivity index (χ1) is 16.7. The minimum atomic E-state index is -3.92. The van der Waals surface area contributed by atoms with Crippen molar-refractivity contribution in [3.05, 3.63) is 77.9 Å². The van der Waals surface area contributed by atoms with Crippen molar-refractivity contribution < 1.29 is 27.4 Å². The molecule has 35 heavy (non-hydrogen) atoms. The minimum Gasteiger partial charge on any atom is -0.497 e. The molecule has 0 radical (unpaired) electrons. The molecule has 2 atom stereocenters. The van der Waals surface area contributed by atoms with Crippen molar-refractivity contribution in [3.8, 4) is 17.2 Å². The van der Waals surface area contributed by atoms with Crippen molar-refractivity contribution in [1.82, 2.24) is 5.32 Å². The van der Waals surface area contributed by atoms with Gasteiger partial charge >= 0.3 is 0 Å². The van der Waals surface area contributed by atoms with Crippen molar-refractivity contribution in [1.29, 1.82) is 0 Å². The van der Waals surface area contributed by atoms with Crippen LogP contribution in [0.1, 0.15) is 24.1 Å². The summed E-state index contributed by atoms with van der Waals surface area (Å²) in [6.45, 7) is 3.52. The third-order valence-electron chi connectivity index (χ3n) is 5.87. The summed E-state index contributed by atoms with van der Waals surface area (Å²) in [5.41, 5.74) is 2.00. The Labute approximate surface area is 205 Å². The number of rotatable bonds is 7. The second kappa shape index (κ2) is 9.87. The van der Waals surface area contributed by atoms with E-state index < -0.39 is 28.1 Å². The lowest BCUT2D eigenvalue weighted by molar-refractivity contribution is -0.128. The number of ether oxygens (including phenoxy) is 3. The van der Waals surface area contributed by atoms with Gasteiger partial charge in [0, 0.05) is 5.56 Å².